The summed E-state index contributed by atoms with van der Waals surface area (Å²) in [6.45, 7) is 0. The van der Waals surface area contributed by atoms with E-state index >= 15 is 0 Å². The molecule has 0 saturated carbocycles. The van der Waals surface area contributed by atoms with Gasteiger partial charge in [0.1, 0.15) is 0 Å². The summed E-state index contributed by atoms with van der Waals surface area (Å²) in [7, 11) is 0. The first-order valence-electron chi connectivity index (χ1n) is 16.8. The van der Waals surface area contributed by atoms with E-state index in [0.717, 1.165) is 77.2 Å². The van der Waals surface area contributed by atoms with Gasteiger partial charge in [0.15, 0.2) is 0 Å². The lowest BCUT2D eigenvalue weighted by atomic mass is 9.92. The van der Waals surface area contributed by atoms with Crippen molar-refractivity contribution in [2.45, 2.75) is 0 Å². The molecule has 6 aromatic carbocycles. The zero-order valence-electron chi connectivity index (χ0n) is 27.0. The van der Waals surface area contributed by atoms with E-state index in [9.17, 15) is 0 Å². The molecular weight excluding hydrogens is 609 g/mol. The monoisotopic (exact) mass is 636 g/mol. The molecule has 50 heavy (non-hydrogen) atoms. The Kier molecular flexibility index (Phi) is 6.46. The van der Waals surface area contributed by atoms with Gasteiger partial charge in [0.2, 0.25) is 0 Å². The van der Waals surface area contributed by atoms with Crippen LogP contribution in [0.1, 0.15) is 0 Å². The van der Waals surface area contributed by atoms with Gasteiger partial charge in [-0.15, -0.1) is 0 Å². The van der Waals surface area contributed by atoms with E-state index in [4.69, 9.17) is 15.0 Å². The lowest BCUT2D eigenvalue weighted by Gasteiger charge is -2.14. The fraction of sp³-hybridized carbons (Fsp3) is 0. The molecule has 0 radical (unpaired) electrons. The smallest absolute Gasteiger partial charge is 0.0978 e. The minimum atomic E-state index is 0.895. The highest BCUT2D eigenvalue weighted by Gasteiger charge is 2.16. The summed E-state index contributed by atoms with van der Waals surface area (Å²) in [6.07, 6.45) is 1.80. The van der Waals surface area contributed by atoms with Gasteiger partial charge < -0.3 is 0 Å². The second-order valence-electron chi connectivity index (χ2n) is 12.6. The molecular formula is C46H28N4. The minimum Gasteiger partial charge on any atom is -0.255 e. The van der Waals surface area contributed by atoms with Crippen LogP contribution in [0, 0.1) is 0 Å². The van der Waals surface area contributed by atoms with E-state index in [1.54, 1.807) is 6.20 Å². The van der Waals surface area contributed by atoms with Crippen molar-refractivity contribution >= 4 is 54.5 Å². The fourth-order valence-corrected chi connectivity index (χ4v) is 7.31. The van der Waals surface area contributed by atoms with Gasteiger partial charge in [-0.1, -0.05) is 127 Å². The van der Waals surface area contributed by atoms with Gasteiger partial charge in [-0.2, -0.15) is 0 Å². The van der Waals surface area contributed by atoms with Crippen LogP contribution in [0.2, 0.25) is 0 Å². The Morgan fingerprint density at radius 3 is 1.86 bits per heavy atom. The number of para-hydroxylation sites is 1. The van der Waals surface area contributed by atoms with Crippen molar-refractivity contribution in [2.24, 2.45) is 0 Å². The highest BCUT2D eigenvalue weighted by Crippen LogP contribution is 2.39. The number of pyridine rings is 4. The van der Waals surface area contributed by atoms with E-state index in [2.05, 4.69) is 145 Å². The third kappa shape index (κ3) is 4.61. The maximum absolute atomic E-state index is 5.36. The molecule has 0 saturated heterocycles. The maximum atomic E-state index is 5.36. The first-order chi connectivity index (χ1) is 24.8. The summed E-state index contributed by atoms with van der Waals surface area (Å²) in [5.41, 5.74) is 13.3. The standard InChI is InChI=1S/C46H28N4/c1-2-9-31(10-3-1)44-37-13-6-7-14-40(37)50-46-38(44)22-20-32-21-25-41(49-45(32)46)36-24-23-33(34-11-4-5-12-35(34)36)29-16-18-30(19-17-29)39-26-27-42-43(48-39)15-8-28-47-42/h1-28H. The van der Waals surface area contributed by atoms with E-state index in [-0.39, 0.29) is 0 Å². The number of nitrogens with zero attached hydrogens (tertiary/aromatic N) is 4. The van der Waals surface area contributed by atoms with Gasteiger partial charge >= 0.3 is 0 Å². The van der Waals surface area contributed by atoms with Gasteiger partial charge in [-0.05, 0) is 63.9 Å². The number of aromatic nitrogens is 4. The molecule has 0 aliphatic carbocycles. The minimum absolute atomic E-state index is 0.895. The van der Waals surface area contributed by atoms with Crippen LogP contribution in [0.15, 0.2) is 170 Å². The fourth-order valence-electron chi connectivity index (χ4n) is 7.31. The van der Waals surface area contributed by atoms with Crippen molar-refractivity contribution in [3.8, 4) is 44.8 Å². The third-order valence-corrected chi connectivity index (χ3v) is 9.72. The quantitative estimate of drug-likeness (QED) is 0.142. The van der Waals surface area contributed by atoms with E-state index < -0.39 is 0 Å². The molecule has 0 aliphatic heterocycles. The summed E-state index contributed by atoms with van der Waals surface area (Å²) in [6, 6.07) is 57.4. The Labute approximate surface area is 288 Å². The number of rotatable bonds is 4. The van der Waals surface area contributed by atoms with E-state index in [1.165, 1.54) is 22.1 Å². The van der Waals surface area contributed by atoms with Crippen LogP contribution in [0.25, 0.3) is 99.3 Å². The lowest BCUT2D eigenvalue weighted by molar-refractivity contribution is 1.33. The molecule has 0 aliphatic rings. The summed E-state index contributed by atoms with van der Waals surface area (Å²) < 4.78 is 0. The van der Waals surface area contributed by atoms with Crippen molar-refractivity contribution in [2.75, 3.05) is 0 Å². The number of benzene rings is 6. The van der Waals surface area contributed by atoms with Crippen molar-refractivity contribution in [1.29, 1.82) is 0 Å². The zero-order valence-corrected chi connectivity index (χ0v) is 27.0. The van der Waals surface area contributed by atoms with Crippen LogP contribution in [-0.4, -0.2) is 19.9 Å². The van der Waals surface area contributed by atoms with Crippen molar-refractivity contribution in [3.05, 3.63) is 170 Å². The van der Waals surface area contributed by atoms with Crippen LogP contribution in [-0.2, 0) is 0 Å². The topological polar surface area (TPSA) is 51.6 Å². The molecule has 0 unspecified atom stereocenters. The van der Waals surface area contributed by atoms with Crippen molar-refractivity contribution in [3.63, 3.8) is 0 Å². The van der Waals surface area contributed by atoms with Gasteiger partial charge in [-0.25, -0.2) is 15.0 Å². The molecule has 4 nitrogen and oxygen atoms in total. The summed E-state index contributed by atoms with van der Waals surface area (Å²) >= 11 is 0. The predicted octanol–water partition coefficient (Wildman–Crippen LogP) is 11.7. The Balaban J connectivity index is 1.10. The van der Waals surface area contributed by atoms with E-state index in [0.29, 0.717) is 0 Å². The van der Waals surface area contributed by atoms with Gasteiger partial charge in [0.05, 0.1) is 39.0 Å². The number of hydrogen-bond donors (Lipinski definition) is 0. The Morgan fingerprint density at radius 2 is 1.00 bits per heavy atom. The average molecular weight is 637 g/mol. The average Bonchev–Trinajstić information content (AvgIpc) is 3.19. The molecule has 0 bridgehead atoms. The van der Waals surface area contributed by atoms with Crippen molar-refractivity contribution < 1.29 is 0 Å². The lowest BCUT2D eigenvalue weighted by Crippen LogP contribution is -1.93. The predicted molar refractivity (Wildman–Crippen MR) is 207 cm³/mol. The summed E-state index contributed by atoms with van der Waals surface area (Å²) in [5.74, 6) is 0. The van der Waals surface area contributed by atoms with Crippen LogP contribution in [0.3, 0.4) is 0 Å². The molecule has 10 aromatic rings. The van der Waals surface area contributed by atoms with Crippen LogP contribution in [0.4, 0.5) is 0 Å². The molecule has 0 fully saturated rings. The summed E-state index contributed by atoms with van der Waals surface area (Å²) in [5, 5.41) is 5.66. The molecule has 0 atom stereocenters. The van der Waals surface area contributed by atoms with Crippen LogP contribution >= 0.6 is 0 Å². The molecule has 0 amide bonds. The zero-order chi connectivity index (χ0) is 33.0. The molecule has 0 spiro atoms. The number of hydrogen-bond acceptors (Lipinski definition) is 4. The first-order valence-corrected chi connectivity index (χ1v) is 16.8. The number of fused-ring (bicyclic) bond motifs is 6. The largest absolute Gasteiger partial charge is 0.255 e. The van der Waals surface area contributed by atoms with Gasteiger partial charge in [-0.3, -0.25) is 4.98 Å². The Bertz CT molecular complexity index is 2920. The normalized spacial score (nSPS) is 11.6. The Hall–Kier alpha value is -6.78. The Morgan fingerprint density at radius 1 is 0.320 bits per heavy atom. The van der Waals surface area contributed by atoms with Gasteiger partial charge in [0, 0.05) is 39.0 Å². The third-order valence-electron chi connectivity index (χ3n) is 9.72. The molecule has 4 heteroatoms. The SMILES string of the molecule is c1ccc(-c2c3ccccc3nc3c2ccc2ccc(-c4ccc(-c5ccc(-c6ccc7ncccc7n6)cc5)c5ccccc45)nc23)cc1. The summed E-state index contributed by atoms with van der Waals surface area (Å²) in [4.78, 5) is 19.8. The second kappa shape index (κ2) is 11.4. The van der Waals surface area contributed by atoms with E-state index in [1.807, 2.05) is 24.3 Å². The molecule has 0 N–H and O–H groups in total. The molecule has 232 valence electrons. The molecule has 4 aromatic heterocycles. The first kappa shape index (κ1) is 28.3. The second-order valence-corrected chi connectivity index (χ2v) is 12.6. The molecule has 4 heterocycles. The van der Waals surface area contributed by atoms with Crippen molar-refractivity contribution in [1.82, 2.24) is 19.9 Å². The highest BCUT2D eigenvalue weighted by atomic mass is 14.8. The highest BCUT2D eigenvalue weighted by molar-refractivity contribution is 6.16. The van der Waals surface area contributed by atoms with Crippen LogP contribution < -0.4 is 0 Å². The van der Waals surface area contributed by atoms with Crippen LogP contribution in [0.5, 0.6) is 0 Å². The maximum Gasteiger partial charge on any atom is 0.0978 e. The van der Waals surface area contributed by atoms with Gasteiger partial charge in [0.25, 0.3) is 0 Å². The molecule has 10 rings (SSSR count).